The minimum Gasteiger partial charge on any atom is -0.322 e. The summed E-state index contributed by atoms with van der Waals surface area (Å²) in [6.45, 7) is 4.03. The number of hydrogen-bond donors (Lipinski definition) is 1. The lowest BCUT2D eigenvalue weighted by molar-refractivity contribution is 0.102. The number of carbonyl (C=O) groups is 1. The third-order valence-corrected chi connectivity index (χ3v) is 4.63. The van der Waals surface area contributed by atoms with Gasteiger partial charge in [0, 0.05) is 16.6 Å². The highest BCUT2D eigenvalue weighted by Crippen LogP contribution is 2.27. The lowest BCUT2D eigenvalue weighted by Crippen LogP contribution is -2.13. The van der Waals surface area contributed by atoms with Crippen LogP contribution in [-0.2, 0) is 0 Å². The van der Waals surface area contributed by atoms with E-state index in [4.69, 9.17) is 4.98 Å². The van der Waals surface area contributed by atoms with Crippen LogP contribution >= 0.6 is 0 Å². The van der Waals surface area contributed by atoms with Gasteiger partial charge in [-0.25, -0.2) is 4.98 Å². The molecule has 0 radical (unpaired) electrons. The maximum absolute atomic E-state index is 13.1. The minimum atomic E-state index is -0.129. The molecule has 132 valence electrons. The maximum atomic E-state index is 13.1. The number of carbonyl (C=O) groups excluding carboxylic acids is 1. The van der Waals surface area contributed by atoms with Crippen LogP contribution in [-0.4, -0.2) is 10.9 Å². The average Bonchev–Trinajstić information content (AvgIpc) is 2.68. The van der Waals surface area contributed by atoms with Crippen LogP contribution in [0.2, 0.25) is 0 Å². The number of hydrogen-bond acceptors (Lipinski definition) is 2. The summed E-state index contributed by atoms with van der Waals surface area (Å²) in [7, 11) is 0. The number of benzene rings is 3. The van der Waals surface area contributed by atoms with Crippen LogP contribution < -0.4 is 5.32 Å². The Morgan fingerprint density at radius 1 is 0.852 bits per heavy atom. The van der Waals surface area contributed by atoms with Crippen LogP contribution in [0.15, 0.2) is 78.9 Å². The van der Waals surface area contributed by atoms with Gasteiger partial charge in [0.05, 0.1) is 16.8 Å². The summed E-state index contributed by atoms with van der Waals surface area (Å²) in [4.78, 5) is 17.9. The molecule has 4 aromatic rings. The standard InChI is InChI=1S/C24H20N2O/c1-16-8-6-12-19(14-16)25-24(27)21-15-22(18-10-4-3-5-11-18)26-23-17(2)9-7-13-20(21)23/h3-15H,1-2H3,(H,25,27). The fourth-order valence-corrected chi connectivity index (χ4v) is 3.26. The number of anilines is 1. The number of aromatic nitrogens is 1. The van der Waals surface area contributed by atoms with E-state index in [1.807, 2.05) is 92.7 Å². The van der Waals surface area contributed by atoms with Gasteiger partial charge in [-0.3, -0.25) is 4.79 Å². The number of aryl methyl sites for hydroxylation is 2. The highest BCUT2D eigenvalue weighted by Gasteiger charge is 2.15. The molecule has 1 amide bonds. The predicted molar refractivity (Wildman–Crippen MR) is 111 cm³/mol. The second-order valence-electron chi connectivity index (χ2n) is 6.72. The van der Waals surface area contributed by atoms with E-state index in [1.165, 1.54) is 0 Å². The average molecular weight is 352 g/mol. The lowest BCUT2D eigenvalue weighted by Gasteiger charge is -2.12. The van der Waals surface area contributed by atoms with Crippen LogP contribution in [0.1, 0.15) is 21.5 Å². The summed E-state index contributed by atoms with van der Waals surface area (Å²) in [6, 6.07) is 25.6. The molecule has 0 unspecified atom stereocenters. The van der Waals surface area contributed by atoms with Gasteiger partial charge in [0.1, 0.15) is 0 Å². The molecular weight excluding hydrogens is 332 g/mol. The van der Waals surface area contributed by atoms with Gasteiger partial charge in [-0.15, -0.1) is 0 Å². The Morgan fingerprint density at radius 3 is 2.41 bits per heavy atom. The molecule has 3 aromatic carbocycles. The van der Waals surface area contributed by atoms with E-state index in [0.29, 0.717) is 5.56 Å². The van der Waals surface area contributed by atoms with E-state index in [0.717, 1.165) is 39.0 Å². The van der Waals surface area contributed by atoms with Crippen molar-refractivity contribution in [3.8, 4) is 11.3 Å². The van der Waals surface area contributed by atoms with Crippen molar-refractivity contribution in [2.75, 3.05) is 5.32 Å². The van der Waals surface area contributed by atoms with Crippen LogP contribution in [0.3, 0.4) is 0 Å². The van der Waals surface area contributed by atoms with Crippen molar-refractivity contribution in [1.29, 1.82) is 0 Å². The van der Waals surface area contributed by atoms with E-state index >= 15 is 0 Å². The fourth-order valence-electron chi connectivity index (χ4n) is 3.26. The summed E-state index contributed by atoms with van der Waals surface area (Å²) in [5.74, 6) is -0.129. The van der Waals surface area contributed by atoms with Crippen molar-refractivity contribution in [3.05, 3.63) is 95.6 Å². The van der Waals surface area contributed by atoms with Crippen molar-refractivity contribution in [2.24, 2.45) is 0 Å². The first-order chi connectivity index (χ1) is 13.1. The third-order valence-electron chi connectivity index (χ3n) is 4.63. The summed E-state index contributed by atoms with van der Waals surface area (Å²) >= 11 is 0. The normalized spacial score (nSPS) is 10.7. The van der Waals surface area contributed by atoms with Crippen molar-refractivity contribution in [3.63, 3.8) is 0 Å². The molecule has 0 aliphatic heterocycles. The third kappa shape index (κ3) is 3.44. The first-order valence-corrected chi connectivity index (χ1v) is 8.95. The number of amides is 1. The summed E-state index contributed by atoms with van der Waals surface area (Å²) in [5.41, 5.74) is 6.22. The minimum absolute atomic E-state index is 0.129. The first kappa shape index (κ1) is 17.0. The topological polar surface area (TPSA) is 42.0 Å². The number of para-hydroxylation sites is 1. The van der Waals surface area contributed by atoms with Crippen molar-refractivity contribution in [2.45, 2.75) is 13.8 Å². The zero-order valence-electron chi connectivity index (χ0n) is 15.4. The first-order valence-electron chi connectivity index (χ1n) is 8.95. The highest BCUT2D eigenvalue weighted by atomic mass is 16.1. The van der Waals surface area contributed by atoms with Gasteiger partial charge in [-0.05, 0) is 43.2 Å². The largest absolute Gasteiger partial charge is 0.322 e. The Labute approximate surface area is 158 Å². The van der Waals surface area contributed by atoms with E-state index < -0.39 is 0 Å². The Balaban J connectivity index is 1.85. The second kappa shape index (κ2) is 7.04. The molecular formula is C24H20N2O. The number of fused-ring (bicyclic) bond motifs is 1. The van der Waals surface area contributed by atoms with Gasteiger partial charge in [0.25, 0.3) is 5.91 Å². The summed E-state index contributed by atoms with van der Waals surface area (Å²) in [6.07, 6.45) is 0. The van der Waals surface area contributed by atoms with Crippen LogP contribution in [0.5, 0.6) is 0 Å². The van der Waals surface area contributed by atoms with E-state index in [9.17, 15) is 4.79 Å². The maximum Gasteiger partial charge on any atom is 0.256 e. The molecule has 3 nitrogen and oxygen atoms in total. The number of nitrogens with one attached hydrogen (secondary N) is 1. The zero-order chi connectivity index (χ0) is 18.8. The fraction of sp³-hybridized carbons (Fsp3) is 0.0833. The molecule has 0 atom stereocenters. The molecule has 27 heavy (non-hydrogen) atoms. The Bertz CT molecular complexity index is 1130. The molecule has 4 rings (SSSR count). The van der Waals surface area contributed by atoms with Crippen molar-refractivity contribution in [1.82, 2.24) is 4.98 Å². The molecule has 0 aliphatic rings. The Morgan fingerprint density at radius 2 is 1.63 bits per heavy atom. The van der Waals surface area contributed by atoms with Gasteiger partial charge < -0.3 is 5.32 Å². The van der Waals surface area contributed by atoms with E-state index in [2.05, 4.69) is 5.32 Å². The molecule has 0 saturated carbocycles. The number of rotatable bonds is 3. The summed E-state index contributed by atoms with van der Waals surface area (Å²) in [5, 5.41) is 3.88. The van der Waals surface area contributed by atoms with Gasteiger partial charge in [0.15, 0.2) is 0 Å². The van der Waals surface area contributed by atoms with Crippen LogP contribution in [0, 0.1) is 13.8 Å². The Hall–Kier alpha value is -3.46. The molecule has 0 spiro atoms. The van der Waals surface area contributed by atoms with Gasteiger partial charge >= 0.3 is 0 Å². The van der Waals surface area contributed by atoms with E-state index in [-0.39, 0.29) is 5.91 Å². The molecule has 1 aromatic heterocycles. The van der Waals surface area contributed by atoms with Gasteiger partial charge in [-0.2, -0.15) is 0 Å². The van der Waals surface area contributed by atoms with Gasteiger partial charge in [-0.1, -0.05) is 60.7 Å². The second-order valence-corrected chi connectivity index (χ2v) is 6.72. The quantitative estimate of drug-likeness (QED) is 0.508. The van der Waals surface area contributed by atoms with Gasteiger partial charge in [0.2, 0.25) is 0 Å². The lowest BCUT2D eigenvalue weighted by atomic mass is 10.0. The van der Waals surface area contributed by atoms with Crippen LogP contribution in [0.25, 0.3) is 22.2 Å². The van der Waals surface area contributed by atoms with Crippen molar-refractivity contribution >= 4 is 22.5 Å². The molecule has 0 aliphatic carbocycles. The molecule has 0 bridgehead atoms. The molecule has 0 saturated heterocycles. The number of nitrogens with zero attached hydrogens (tertiary/aromatic N) is 1. The van der Waals surface area contributed by atoms with E-state index in [1.54, 1.807) is 0 Å². The van der Waals surface area contributed by atoms with Crippen LogP contribution in [0.4, 0.5) is 5.69 Å². The smallest absolute Gasteiger partial charge is 0.256 e. The number of pyridine rings is 1. The molecule has 1 N–H and O–H groups in total. The Kier molecular flexibility index (Phi) is 4.43. The predicted octanol–water partition coefficient (Wildman–Crippen LogP) is 5.77. The highest BCUT2D eigenvalue weighted by molar-refractivity contribution is 6.13. The monoisotopic (exact) mass is 352 g/mol. The molecule has 0 fully saturated rings. The van der Waals surface area contributed by atoms with Crippen molar-refractivity contribution < 1.29 is 4.79 Å². The summed E-state index contributed by atoms with van der Waals surface area (Å²) < 4.78 is 0. The SMILES string of the molecule is Cc1cccc(NC(=O)c2cc(-c3ccccc3)nc3c(C)cccc23)c1. The molecule has 3 heteroatoms. The molecule has 1 heterocycles. The zero-order valence-corrected chi connectivity index (χ0v) is 15.4.